The molecule has 4 nitrogen and oxygen atoms in total. The molecule has 0 fully saturated rings. The van der Waals surface area contributed by atoms with Crippen LogP contribution in [0.15, 0.2) is 36.4 Å². The lowest BCUT2D eigenvalue weighted by Crippen LogP contribution is -2.30. The third-order valence-electron chi connectivity index (χ3n) is 5.79. The first-order chi connectivity index (χ1) is 15.3. The van der Waals surface area contributed by atoms with Crippen molar-refractivity contribution >= 4 is 11.9 Å². The summed E-state index contributed by atoms with van der Waals surface area (Å²) >= 11 is 0. The van der Waals surface area contributed by atoms with Gasteiger partial charge in [-0.1, -0.05) is 79.2 Å². The van der Waals surface area contributed by atoms with Crippen molar-refractivity contribution in [3.63, 3.8) is 0 Å². The van der Waals surface area contributed by atoms with Crippen molar-refractivity contribution in [2.75, 3.05) is 6.61 Å². The highest BCUT2D eigenvalue weighted by molar-refractivity contribution is 5.92. The van der Waals surface area contributed by atoms with E-state index in [0.717, 1.165) is 24.0 Å². The molecule has 2 aromatic rings. The molecule has 0 heterocycles. The van der Waals surface area contributed by atoms with Crippen molar-refractivity contribution in [1.82, 2.24) is 0 Å². The van der Waals surface area contributed by atoms with E-state index in [0.29, 0.717) is 23.5 Å². The summed E-state index contributed by atoms with van der Waals surface area (Å²) in [7, 11) is 0. The van der Waals surface area contributed by atoms with Gasteiger partial charge in [-0.15, -0.1) is 0 Å². The Morgan fingerprint density at radius 3 is 2.03 bits per heavy atom. The molecule has 4 heteroatoms. The maximum absolute atomic E-state index is 13.1. The minimum absolute atomic E-state index is 0.131. The molecule has 0 N–H and O–H groups in total. The average molecular weight is 453 g/mol. The second-order valence-corrected chi connectivity index (χ2v) is 10.8. The lowest BCUT2D eigenvalue weighted by Gasteiger charge is -2.32. The Morgan fingerprint density at radius 1 is 0.939 bits per heavy atom. The normalized spacial score (nSPS) is 12.9. The second kappa shape index (κ2) is 10.5. The number of esters is 2. The van der Waals surface area contributed by atoms with Gasteiger partial charge in [0.2, 0.25) is 0 Å². The molecule has 0 saturated heterocycles. The molecule has 1 atom stereocenters. The van der Waals surface area contributed by atoms with Gasteiger partial charge in [-0.3, -0.25) is 4.79 Å². The Labute approximate surface area is 199 Å². The fraction of sp³-hybridized carbons (Fsp3) is 0.517. The largest absolute Gasteiger partial charge is 0.466 e. The van der Waals surface area contributed by atoms with Crippen LogP contribution in [0.3, 0.4) is 0 Å². The van der Waals surface area contributed by atoms with Crippen molar-refractivity contribution in [1.29, 1.82) is 0 Å². The highest BCUT2D eigenvalue weighted by atomic mass is 16.5. The minimum atomic E-state index is -0.576. The van der Waals surface area contributed by atoms with E-state index in [9.17, 15) is 9.59 Å². The molecule has 0 radical (unpaired) electrons. The molecule has 0 aliphatic carbocycles. The van der Waals surface area contributed by atoms with Gasteiger partial charge in [0.1, 0.15) is 5.75 Å². The van der Waals surface area contributed by atoms with Crippen LogP contribution in [0.25, 0.3) is 0 Å². The molecule has 0 bridgehead atoms. The molecule has 2 aromatic carbocycles. The number of carbonyl (C=O) groups is 2. The Kier molecular flexibility index (Phi) is 8.51. The topological polar surface area (TPSA) is 52.6 Å². The van der Waals surface area contributed by atoms with E-state index in [1.54, 1.807) is 19.1 Å². The van der Waals surface area contributed by atoms with Gasteiger partial charge in [-0.2, -0.15) is 0 Å². The molecule has 180 valence electrons. The quantitative estimate of drug-likeness (QED) is 0.330. The number of benzene rings is 2. The highest BCUT2D eigenvalue weighted by Crippen LogP contribution is 2.44. The monoisotopic (exact) mass is 452 g/mol. The third-order valence-corrected chi connectivity index (χ3v) is 5.79. The van der Waals surface area contributed by atoms with Gasteiger partial charge in [0.25, 0.3) is 0 Å². The van der Waals surface area contributed by atoms with Crippen LogP contribution in [0, 0.1) is 12.3 Å². The maximum atomic E-state index is 13.1. The van der Waals surface area contributed by atoms with Crippen LogP contribution < -0.4 is 4.74 Å². The standard InChI is InChI=1S/C29H40O4/c1-10-12-20-13-15-21(16-14-20)26(30)33-25-19(3)17-22(28(4,5)6)18-23(25)24(29(7,8)9)27(31)32-11-2/h13-18,24H,10-12H2,1-9H3. The number of aryl methyl sites for hydroxylation is 2. The first kappa shape index (κ1) is 26.6. The first-order valence-corrected chi connectivity index (χ1v) is 11.9. The van der Waals surface area contributed by atoms with Gasteiger partial charge in [0, 0.05) is 5.56 Å². The summed E-state index contributed by atoms with van der Waals surface area (Å²) in [4.78, 5) is 26.2. The molecule has 2 rings (SSSR count). The summed E-state index contributed by atoms with van der Waals surface area (Å²) in [5, 5.41) is 0. The fourth-order valence-corrected chi connectivity index (χ4v) is 4.01. The molecule has 0 aromatic heterocycles. The summed E-state index contributed by atoms with van der Waals surface area (Å²) in [5.41, 5.74) is 3.72. The molecule has 0 aliphatic rings. The van der Waals surface area contributed by atoms with Crippen molar-refractivity contribution in [3.8, 4) is 5.75 Å². The number of rotatable bonds is 7. The molecule has 33 heavy (non-hydrogen) atoms. The van der Waals surface area contributed by atoms with Crippen LogP contribution in [0.1, 0.15) is 100 Å². The molecule has 0 saturated carbocycles. The van der Waals surface area contributed by atoms with Crippen molar-refractivity contribution in [3.05, 3.63) is 64.2 Å². The predicted molar refractivity (Wildman–Crippen MR) is 134 cm³/mol. The second-order valence-electron chi connectivity index (χ2n) is 10.8. The molecular weight excluding hydrogens is 412 g/mol. The molecule has 0 aliphatic heterocycles. The van der Waals surface area contributed by atoms with Crippen LogP contribution in [0.2, 0.25) is 0 Å². The number of hydrogen-bond donors (Lipinski definition) is 0. The van der Waals surface area contributed by atoms with E-state index in [1.165, 1.54) is 5.56 Å². The van der Waals surface area contributed by atoms with Crippen LogP contribution in [0.4, 0.5) is 0 Å². The van der Waals surface area contributed by atoms with E-state index in [2.05, 4.69) is 27.7 Å². The third kappa shape index (κ3) is 6.69. The van der Waals surface area contributed by atoms with Gasteiger partial charge >= 0.3 is 11.9 Å². The van der Waals surface area contributed by atoms with Gasteiger partial charge in [0.15, 0.2) is 0 Å². The molecular formula is C29H40O4. The summed E-state index contributed by atoms with van der Waals surface area (Å²) < 4.78 is 11.4. The summed E-state index contributed by atoms with van der Waals surface area (Å²) in [6.07, 6.45) is 2.02. The van der Waals surface area contributed by atoms with E-state index in [-0.39, 0.29) is 11.4 Å². The zero-order valence-electron chi connectivity index (χ0n) is 21.8. The van der Waals surface area contributed by atoms with Crippen LogP contribution in [-0.4, -0.2) is 18.5 Å². The number of ether oxygens (including phenoxy) is 2. The number of carbonyl (C=O) groups excluding carboxylic acids is 2. The fourth-order valence-electron chi connectivity index (χ4n) is 4.01. The summed E-state index contributed by atoms with van der Waals surface area (Å²) in [5.74, 6) is -0.870. The highest BCUT2D eigenvalue weighted by Gasteiger charge is 2.38. The van der Waals surface area contributed by atoms with Crippen LogP contribution in [0.5, 0.6) is 5.75 Å². The van der Waals surface area contributed by atoms with Gasteiger partial charge in [-0.25, -0.2) is 4.79 Å². The van der Waals surface area contributed by atoms with E-state index < -0.39 is 17.3 Å². The zero-order valence-corrected chi connectivity index (χ0v) is 21.8. The van der Waals surface area contributed by atoms with Gasteiger partial charge in [0.05, 0.1) is 18.1 Å². The Hall–Kier alpha value is -2.62. The minimum Gasteiger partial charge on any atom is -0.466 e. The van der Waals surface area contributed by atoms with E-state index in [1.807, 2.05) is 52.0 Å². The van der Waals surface area contributed by atoms with Gasteiger partial charge in [-0.05, 0) is 59.9 Å². The SMILES string of the molecule is CCCc1ccc(C(=O)Oc2c(C)cc(C(C)(C)C)cc2C(C(=O)OCC)C(C)(C)C)cc1. The van der Waals surface area contributed by atoms with E-state index in [4.69, 9.17) is 9.47 Å². The predicted octanol–water partition coefficient (Wildman–Crippen LogP) is 7.16. The molecule has 1 unspecified atom stereocenters. The lowest BCUT2D eigenvalue weighted by molar-refractivity contribution is -0.147. The van der Waals surface area contributed by atoms with Crippen molar-refractivity contribution in [2.24, 2.45) is 5.41 Å². The van der Waals surface area contributed by atoms with Gasteiger partial charge < -0.3 is 9.47 Å². The zero-order chi connectivity index (χ0) is 25.0. The van der Waals surface area contributed by atoms with Crippen LogP contribution >= 0.6 is 0 Å². The Morgan fingerprint density at radius 2 is 1.55 bits per heavy atom. The summed E-state index contributed by atoms with van der Waals surface area (Å²) in [6.45, 7) is 18.6. The Bertz CT molecular complexity index is 972. The number of hydrogen-bond acceptors (Lipinski definition) is 4. The molecule has 0 amide bonds. The smallest absolute Gasteiger partial charge is 0.343 e. The maximum Gasteiger partial charge on any atom is 0.343 e. The summed E-state index contributed by atoms with van der Waals surface area (Å²) in [6, 6.07) is 11.6. The first-order valence-electron chi connectivity index (χ1n) is 11.9. The van der Waals surface area contributed by atoms with Crippen LogP contribution in [-0.2, 0) is 21.4 Å². The average Bonchev–Trinajstić information content (AvgIpc) is 2.69. The van der Waals surface area contributed by atoms with Crippen molar-refractivity contribution < 1.29 is 19.1 Å². The Balaban J connectivity index is 2.60. The van der Waals surface area contributed by atoms with Crippen molar-refractivity contribution in [2.45, 2.75) is 86.5 Å². The van der Waals surface area contributed by atoms with E-state index >= 15 is 0 Å². The molecule has 0 spiro atoms. The lowest BCUT2D eigenvalue weighted by atomic mass is 9.74.